The summed E-state index contributed by atoms with van der Waals surface area (Å²) in [5.74, 6) is 0.270. The van der Waals surface area contributed by atoms with Gasteiger partial charge in [0.25, 0.3) is 0 Å². The van der Waals surface area contributed by atoms with Gasteiger partial charge in [-0.3, -0.25) is 4.79 Å². The number of carbonyl (C=O) groups is 1. The van der Waals surface area contributed by atoms with E-state index in [0.717, 1.165) is 16.1 Å². The van der Waals surface area contributed by atoms with E-state index in [2.05, 4.69) is 41.8 Å². The average molecular weight is 570 g/mol. The van der Waals surface area contributed by atoms with Crippen LogP contribution >= 0.6 is 62.2 Å². The first kappa shape index (κ1) is 23.2. The fraction of sp³-hybridized carbons (Fsp3) is 0.150. The van der Waals surface area contributed by atoms with Gasteiger partial charge in [0.2, 0.25) is 11.1 Å². The molecule has 0 aliphatic carbocycles. The van der Waals surface area contributed by atoms with Gasteiger partial charge in [-0.15, -0.1) is 16.4 Å². The monoisotopic (exact) mass is 568 g/mol. The van der Waals surface area contributed by atoms with E-state index < -0.39 is 5.25 Å². The van der Waals surface area contributed by atoms with E-state index >= 15 is 0 Å². The maximum absolute atomic E-state index is 12.9. The van der Waals surface area contributed by atoms with Crippen molar-refractivity contribution in [3.63, 3.8) is 0 Å². The third kappa shape index (κ3) is 5.49. The number of nitrogens with one attached hydrogen (secondary N) is 1. The standard InChI is InChI=1S/C20H15BrCl2N6OS2/c1-11(31-20-26-27-28-29(20)14-5-3-2-4-6-14)18(30)24-17-16(32-19(21)25-17)10-12-9-13(22)7-8-15(12)23/h2-9,11H,10H2,1H3,(H,24,30)/t11-/m1/s1. The van der Waals surface area contributed by atoms with Crippen LogP contribution < -0.4 is 5.32 Å². The van der Waals surface area contributed by atoms with Gasteiger partial charge in [-0.2, -0.15) is 4.68 Å². The summed E-state index contributed by atoms with van der Waals surface area (Å²) in [6, 6.07) is 14.8. The van der Waals surface area contributed by atoms with Crippen molar-refractivity contribution in [2.45, 2.75) is 23.8 Å². The van der Waals surface area contributed by atoms with Crippen LogP contribution in [0, 0.1) is 0 Å². The number of halogens is 3. The van der Waals surface area contributed by atoms with Crippen molar-refractivity contribution < 1.29 is 4.79 Å². The van der Waals surface area contributed by atoms with Crippen LogP contribution in [0.15, 0.2) is 57.6 Å². The molecule has 32 heavy (non-hydrogen) atoms. The molecule has 164 valence electrons. The van der Waals surface area contributed by atoms with Crippen molar-refractivity contribution >= 4 is 74.0 Å². The van der Waals surface area contributed by atoms with Crippen molar-refractivity contribution in [1.29, 1.82) is 0 Å². The Hall–Kier alpha value is -1.98. The number of benzene rings is 2. The zero-order chi connectivity index (χ0) is 22.7. The van der Waals surface area contributed by atoms with Gasteiger partial charge in [-0.25, -0.2) is 4.98 Å². The highest BCUT2D eigenvalue weighted by atomic mass is 79.9. The molecule has 2 aromatic heterocycles. The van der Waals surface area contributed by atoms with Crippen LogP contribution in [-0.2, 0) is 11.2 Å². The number of hydrogen-bond acceptors (Lipinski definition) is 7. The molecule has 0 aliphatic heterocycles. The largest absolute Gasteiger partial charge is 0.309 e. The second-order valence-corrected chi connectivity index (χ2v) is 11.1. The molecule has 2 aromatic carbocycles. The summed E-state index contributed by atoms with van der Waals surface area (Å²) in [6.07, 6.45) is 0.492. The average Bonchev–Trinajstić information content (AvgIpc) is 3.37. The van der Waals surface area contributed by atoms with Crippen molar-refractivity contribution in [1.82, 2.24) is 25.2 Å². The van der Waals surface area contributed by atoms with E-state index in [9.17, 15) is 4.79 Å². The number of tetrazole rings is 1. The molecular formula is C20H15BrCl2N6OS2. The Kier molecular flexibility index (Phi) is 7.47. The molecule has 4 aromatic rings. The molecule has 1 atom stereocenters. The van der Waals surface area contributed by atoms with Crippen LogP contribution in [0.1, 0.15) is 17.4 Å². The van der Waals surface area contributed by atoms with E-state index in [1.807, 2.05) is 36.4 Å². The number of amides is 1. The van der Waals surface area contributed by atoms with Crippen molar-refractivity contribution in [2.75, 3.05) is 5.32 Å². The fourth-order valence-corrected chi connectivity index (χ4v) is 5.52. The Labute approximate surface area is 210 Å². The lowest BCUT2D eigenvalue weighted by atomic mass is 10.1. The summed E-state index contributed by atoms with van der Waals surface area (Å²) >= 11 is 18.5. The maximum atomic E-state index is 12.9. The normalized spacial score (nSPS) is 12.0. The Morgan fingerprint density at radius 2 is 2.03 bits per heavy atom. The molecule has 12 heteroatoms. The lowest BCUT2D eigenvalue weighted by molar-refractivity contribution is -0.115. The summed E-state index contributed by atoms with van der Waals surface area (Å²) in [6.45, 7) is 1.79. The lowest BCUT2D eigenvalue weighted by Gasteiger charge is -2.12. The summed E-state index contributed by atoms with van der Waals surface area (Å²) in [7, 11) is 0. The van der Waals surface area contributed by atoms with E-state index in [4.69, 9.17) is 23.2 Å². The number of carbonyl (C=O) groups excluding carboxylic acids is 1. The number of nitrogens with zero attached hydrogens (tertiary/aromatic N) is 5. The molecule has 0 aliphatic rings. The second-order valence-electron chi connectivity index (χ2n) is 6.61. The fourth-order valence-electron chi connectivity index (χ4n) is 2.81. The van der Waals surface area contributed by atoms with Crippen molar-refractivity contribution in [2.24, 2.45) is 0 Å². The minimum Gasteiger partial charge on any atom is -0.309 e. The maximum Gasteiger partial charge on any atom is 0.238 e. The third-order valence-corrected chi connectivity index (χ3v) is 7.51. The number of anilines is 1. The highest BCUT2D eigenvalue weighted by Gasteiger charge is 2.22. The number of para-hydroxylation sites is 1. The van der Waals surface area contributed by atoms with Gasteiger partial charge in [0.15, 0.2) is 3.92 Å². The smallest absolute Gasteiger partial charge is 0.238 e. The quantitative estimate of drug-likeness (QED) is 0.279. The van der Waals surface area contributed by atoms with E-state index in [1.54, 1.807) is 23.7 Å². The van der Waals surface area contributed by atoms with Crippen LogP contribution in [0.4, 0.5) is 5.82 Å². The Morgan fingerprint density at radius 1 is 1.25 bits per heavy atom. The first-order chi connectivity index (χ1) is 15.4. The zero-order valence-electron chi connectivity index (χ0n) is 16.5. The predicted octanol–water partition coefficient (Wildman–Crippen LogP) is 5.90. The third-order valence-electron chi connectivity index (χ3n) is 4.36. The van der Waals surface area contributed by atoms with Crippen LogP contribution in [0.2, 0.25) is 10.0 Å². The summed E-state index contributed by atoms with van der Waals surface area (Å²) in [4.78, 5) is 18.2. The van der Waals surface area contributed by atoms with Crippen LogP contribution in [0.25, 0.3) is 5.69 Å². The topological polar surface area (TPSA) is 85.6 Å². The minimum absolute atomic E-state index is 0.214. The van der Waals surface area contributed by atoms with Crippen molar-refractivity contribution in [3.8, 4) is 5.69 Å². The highest BCUT2D eigenvalue weighted by Crippen LogP contribution is 2.33. The second kappa shape index (κ2) is 10.3. The number of aromatic nitrogens is 5. The molecule has 0 fully saturated rings. The van der Waals surface area contributed by atoms with Gasteiger partial charge in [0.1, 0.15) is 5.82 Å². The van der Waals surface area contributed by atoms with Crippen LogP contribution in [0.5, 0.6) is 0 Å². The first-order valence-electron chi connectivity index (χ1n) is 9.31. The molecule has 0 saturated carbocycles. The van der Waals surface area contributed by atoms with Crippen LogP contribution in [-0.4, -0.2) is 36.3 Å². The Morgan fingerprint density at radius 3 is 2.81 bits per heavy atom. The SMILES string of the molecule is C[C@@H](Sc1nnnn1-c1ccccc1)C(=O)Nc1nc(Br)sc1Cc1cc(Cl)ccc1Cl. The van der Waals surface area contributed by atoms with Crippen LogP contribution in [0.3, 0.4) is 0 Å². The molecular weight excluding hydrogens is 555 g/mol. The number of hydrogen-bond donors (Lipinski definition) is 1. The zero-order valence-corrected chi connectivity index (χ0v) is 21.2. The summed E-state index contributed by atoms with van der Waals surface area (Å²) in [5, 5.41) is 16.0. The molecule has 1 N–H and O–H groups in total. The molecule has 4 rings (SSSR count). The summed E-state index contributed by atoms with van der Waals surface area (Å²) in [5.41, 5.74) is 1.67. The van der Waals surface area contributed by atoms with Gasteiger partial charge in [0.05, 0.1) is 15.8 Å². The van der Waals surface area contributed by atoms with Gasteiger partial charge in [-0.1, -0.05) is 53.2 Å². The molecule has 0 radical (unpaired) electrons. The van der Waals surface area contributed by atoms with E-state index in [-0.39, 0.29) is 5.91 Å². The molecule has 2 heterocycles. The number of rotatable bonds is 7. The van der Waals surface area contributed by atoms with E-state index in [1.165, 1.54) is 23.1 Å². The van der Waals surface area contributed by atoms with Gasteiger partial charge in [0, 0.05) is 16.5 Å². The molecule has 0 bridgehead atoms. The number of thiazole rings is 1. The predicted molar refractivity (Wildman–Crippen MR) is 132 cm³/mol. The Bertz CT molecular complexity index is 1250. The van der Waals surface area contributed by atoms with Gasteiger partial charge >= 0.3 is 0 Å². The summed E-state index contributed by atoms with van der Waals surface area (Å²) < 4.78 is 2.26. The number of thioether (sulfide) groups is 1. The van der Waals surface area contributed by atoms with Gasteiger partial charge in [-0.05, 0) is 69.2 Å². The molecule has 0 unspecified atom stereocenters. The van der Waals surface area contributed by atoms with Crippen molar-refractivity contribution in [3.05, 3.63) is 72.9 Å². The minimum atomic E-state index is -0.466. The molecule has 0 saturated heterocycles. The molecule has 0 spiro atoms. The molecule has 7 nitrogen and oxygen atoms in total. The van der Waals surface area contributed by atoms with E-state index in [0.29, 0.717) is 31.4 Å². The highest BCUT2D eigenvalue weighted by molar-refractivity contribution is 9.11. The first-order valence-corrected chi connectivity index (χ1v) is 12.6. The molecule has 1 amide bonds. The van der Waals surface area contributed by atoms with Gasteiger partial charge < -0.3 is 5.32 Å². The Balaban J connectivity index is 1.48. The lowest BCUT2D eigenvalue weighted by Crippen LogP contribution is -2.23.